The van der Waals surface area contributed by atoms with E-state index in [4.69, 9.17) is 16.3 Å². The lowest BCUT2D eigenvalue weighted by Crippen LogP contribution is -2.36. The SMILES string of the molecule is CNS(=O)(=O)N(C)c1cccc(Oc2c(C(O)NC3CC3)c(Nc3ccc(I)cc3F)n(C)c(=O)c2C)c1Cl. The predicted octanol–water partition coefficient (Wildman–Crippen LogP) is 4.27. The van der Waals surface area contributed by atoms with Gasteiger partial charge < -0.3 is 15.2 Å². The number of pyridine rings is 1. The van der Waals surface area contributed by atoms with Crippen molar-refractivity contribution in [3.8, 4) is 11.5 Å². The largest absolute Gasteiger partial charge is 0.455 e. The molecule has 0 amide bonds. The van der Waals surface area contributed by atoms with Crippen LogP contribution in [0.5, 0.6) is 11.5 Å². The lowest BCUT2D eigenvalue weighted by molar-refractivity contribution is 0.134. The number of aliphatic hydroxyl groups is 1. The number of anilines is 3. The number of rotatable bonds is 10. The Morgan fingerprint density at radius 3 is 2.59 bits per heavy atom. The molecule has 14 heteroatoms. The van der Waals surface area contributed by atoms with Gasteiger partial charge in [-0.2, -0.15) is 8.42 Å². The molecule has 0 spiro atoms. The zero-order chi connectivity index (χ0) is 28.6. The number of nitrogens with one attached hydrogen (secondary N) is 3. The molecular formula is C25H28ClFIN5O5S. The summed E-state index contributed by atoms with van der Waals surface area (Å²) in [6.07, 6.45) is 0.445. The minimum absolute atomic E-state index is 0.00495. The van der Waals surface area contributed by atoms with Gasteiger partial charge in [-0.3, -0.25) is 19.0 Å². The molecule has 0 radical (unpaired) electrons. The number of hydrogen-bond acceptors (Lipinski definition) is 7. The summed E-state index contributed by atoms with van der Waals surface area (Å²) < 4.78 is 50.9. The van der Waals surface area contributed by atoms with Crippen LogP contribution in [0.15, 0.2) is 41.2 Å². The van der Waals surface area contributed by atoms with Crippen molar-refractivity contribution < 1.29 is 22.7 Å². The van der Waals surface area contributed by atoms with Crippen LogP contribution in [0.2, 0.25) is 5.02 Å². The summed E-state index contributed by atoms with van der Waals surface area (Å²) >= 11 is 8.58. The van der Waals surface area contributed by atoms with Gasteiger partial charge in [-0.15, -0.1) is 0 Å². The molecule has 1 fully saturated rings. The van der Waals surface area contributed by atoms with Gasteiger partial charge in [0.15, 0.2) is 0 Å². The third kappa shape index (κ3) is 6.18. The second-order valence-electron chi connectivity index (χ2n) is 9.04. The fourth-order valence-corrected chi connectivity index (χ4v) is 5.43. The van der Waals surface area contributed by atoms with Crippen molar-refractivity contribution in [2.24, 2.45) is 7.05 Å². The fraction of sp³-hybridized carbons (Fsp3) is 0.320. The molecule has 39 heavy (non-hydrogen) atoms. The molecule has 1 aromatic heterocycles. The van der Waals surface area contributed by atoms with E-state index in [1.807, 2.05) is 22.6 Å². The van der Waals surface area contributed by atoms with E-state index in [1.54, 1.807) is 12.1 Å². The number of hydrogen-bond donors (Lipinski definition) is 4. The molecule has 1 heterocycles. The Morgan fingerprint density at radius 1 is 1.28 bits per heavy atom. The van der Waals surface area contributed by atoms with Gasteiger partial charge in [-0.25, -0.2) is 9.11 Å². The number of aromatic nitrogens is 1. The van der Waals surface area contributed by atoms with Crippen LogP contribution in [-0.2, 0) is 17.3 Å². The van der Waals surface area contributed by atoms with Crippen LogP contribution in [0.4, 0.5) is 21.6 Å². The Bertz CT molecular complexity index is 1580. The molecule has 1 saturated carbocycles. The summed E-state index contributed by atoms with van der Waals surface area (Å²) in [6.45, 7) is 1.54. The summed E-state index contributed by atoms with van der Waals surface area (Å²) in [4.78, 5) is 13.3. The van der Waals surface area contributed by atoms with Gasteiger partial charge in [0, 0.05) is 30.8 Å². The van der Waals surface area contributed by atoms with Crippen LogP contribution in [0.3, 0.4) is 0 Å². The first kappa shape index (κ1) is 29.6. The molecule has 4 N–H and O–H groups in total. The number of halogens is 3. The Hall–Kier alpha value is -2.43. The lowest BCUT2D eigenvalue weighted by atomic mass is 10.1. The second kappa shape index (κ2) is 11.6. The summed E-state index contributed by atoms with van der Waals surface area (Å²) in [7, 11) is 0.237. The van der Waals surface area contributed by atoms with Crippen molar-refractivity contribution >= 4 is 61.6 Å². The first-order valence-electron chi connectivity index (χ1n) is 11.9. The molecule has 0 saturated heterocycles. The highest BCUT2D eigenvalue weighted by atomic mass is 127. The van der Waals surface area contributed by atoms with E-state index in [1.165, 1.54) is 56.9 Å². The van der Waals surface area contributed by atoms with Gasteiger partial charge >= 0.3 is 10.2 Å². The van der Waals surface area contributed by atoms with E-state index in [9.17, 15) is 22.7 Å². The number of ether oxygens (including phenoxy) is 1. The van der Waals surface area contributed by atoms with E-state index >= 15 is 0 Å². The van der Waals surface area contributed by atoms with Crippen molar-refractivity contribution in [2.75, 3.05) is 23.7 Å². The lowest BCUT2D eigenvalue weighted by Gasteiger charge is -2.26. The van der Waals surface area contributed by atoms with Crippen molar-refractivity contribution in [3.05, 3.63) is 72.3 Å². The third-order valence-corrected chi connectivity index (χ3v) is 8.83. The molecule has 4 rings (SSSR count). The molecule has 3 aromatic rings. The minimum atomic E-state index is -3.87. The van der Waals surface area contributed by atoms with Gasteiger partial charge in [0.05, 0.1) is 22.5 Å². The van der Waals surface area contributed by atoms with Crippen LogP contribution >= 0.6 is 34.2 Å². The van der Waals surface area contributed by atoms with Crippen molar-refractivity contribution in [3.63, 3.8) is 0 Å². The van der Waals surface area contributed by atoms with Crippen molar-refractivity contribution in [2.45, 2.75) is 32.0 Å². The molecule has 0 bridgehead atoms. The number of nitrogens with zero attached hydrogens (tertiary/aromatic N) is 2. The average Bonchev–Trinajstić information content (AvgIpc) is 3.71. The monoisotopic (exact) mass is 691 g/mol. The Kier molecular flexibility index (Phi) is 8.78. The summed E-state index contributed by atoms with van der Waals surface area (Å²) in [5, 5.41) is 17.3. The standard InChI is InChI=1S/C25H28ClFIN5O5S/c1-13-22(38-19-7-5-6-18(21(19)26)33(4)39(36,37)29-2)20(24(34)30-15-9-10-15)23(32(3)25(13)35)31-17-11-8-14(28)12-16(17)27/h5-8,11-12,15,24,29-31,34H,9-10H2,1-4H3. The first-order valence-corrected chi connectivity index (χ1v) is 14.8. The van der Waals surface area contributed by atoms with Crippen molar-refractivity contribution in [1.82, 2.24) is 14.6 Å². The van der Waals surface area contributed by atoms with Gasteiger partial charge in [0.25, 0.3) is 5.56 Å². The summed E-state index contributed by atoms with van der Waals surface area (Å²) in [5.41, 5.74) is 0.0945. The zero-order valence-electron chi connectivity index (χ0n) is 21.5. The molecule has 210 valence electrons. The molecule has 10 nitrogen and oxygen atoms in total. The molecule has 1 aliphatic rings. The van der Waals surface area contributed by atoms with Crippen molar-refractivity contribution in [1.29, 1.82) is 0 Å². The summed E-state index contributed by atoms with van der Waals surface area (Å²) in [6, 6.07) is 9.21. The maximum atomic E-state index is 14.8. The average molecular weight is 692 g/mol. The van der Waals surface area contributed by atoms with Crippen LogP contribution in [0.1, 0.15) is 30.2 Å². The predicted molar refractivity (Wildman–Crippen MR) is 158 cm³/mol. The molecule has 0 aliphatic heterocycles. The molecular weight excluding hydrogens is 664 g/mol. The quantitative estimate of drug-likeness (QED) is 0.185. The van der Waals surface area contributed by atoms with Gasteiger partial charge in [0.2, 0.25) is 0 Å². The Labute approximate surface area is 244 Å². The van der Waals surface area contributed by atoms with E-state index < -0.39 is 27.8 Å². The number of aliphatic hydroxyl groups excluding tert-OH is 1. The highest BCUT2D eigenvalue weighted by Crippen LogP contribution is 2.42. The van der Waals surface area contributed by atoms with Crippen LogP contribution < -0.4 is 30.0 Å². The fourth-order valence-electron chi connectivity index (χ4n) is 3.95. The summed E-state index contributed by atoms with van der Waals surface area (Å²) in [5.74, 6) is -0.374. The number of benzene rings is 2. The topological polar surface area (TPSA) is 125 Å². The normalized spacial score (nSPS) is 14.3. The maximum absolute atomic E-state index is 14.8. The Morgan fingerprint density at radius 2 is 1.97 bits per heavy atom. The molecule has 1 atom stereocenters. The highest BCUT2D eigenvalue weighted by Gasteiger charge is 2.31. The van der Waals surface area contributed by atoms with Gasteiger partial charge in [-0.1, -0.05) is 17.7 Å². The second-order valence-corrected chi connectivity index (χ2v) is 12.6. The molecule has 1 unspecified atom stereocenters. The first-order chi connectivity index (χ1) is 18.4. The molecule has 1 aliphatic carbocycles. The minimum Gasteiger partial charge on any atom is -0.455 e. The van der Waals surface area contributed by atoms with E-state index in [0.717, 1.165) is 17.1 Å². The van der Waals surface area contributed by atoms with E-state index in [-0.39, 0.29) is 50.9 Å². The van der Waals surface area contributed by atoms with E-state index in [0.29, 0.717) is 3.57 Å². The smallest absolute Gasteiger partial charge is 0.301 e. The third-order valence-electron chi connectivity index (χ3n) is 6.34. The van der Waals surface area contributed by atoms with E-state index in [2.05, 4.69) is 15.4 Å². The maximum Gasteiger partial charge on any atom is 0.301 e. The van der Waals surface area contributed by atoms with Crippen LogP contribution in [0.25, 0.3) is 0 Å². The van der Waals surface area contributed by atoms with Crippen LogP contribution in [-0.4, -0.2) is 38.2 Å². The Balaban J connectivity index is 1.88. The zero-order valence-corrected chi connectivity index (χ0v) is 25.3. The van der Waals surface area contributed by atoms with Gasteiger partial charge in [0.1, 0.15) is 34.4 Å². The highest BCUT2D eigenvalue weighted by molar-refractivity contribution is 14.1. The van der Waals surface area contributed by atoms with Gasteiger partial charge in [-0.05, 0) is 72.7 Å². The van der Waals surface area contributed by atoms with Crippen LogP contribution in [0, 0.1) is 16.3 Å². The molecule has 2 aromatic carbocycles.